The van der Waals surface area contributed by atoms with E-state index in [2.05, 4.69) is 34.5 Å². The minimum absolute atomic E-state index is 0.0696. The van der Waals surface area contributed by atoms with Crippen LogP contribution in [-0.2, 0) is 11.0 Å². The highest BCUT2D eigenvalue weighted by molar-refractivity contribution is 6.05. The largest absolute Gasteiger partial charge is 0.478 e. The highest BCUT2D eigenvalue weighted by Gasteiger charge is 2.64. The first-order valence-electron chi connectivity index (χ1n) is 12.7. The van der Waals surface area contributed by atoms with Crippen LogP contribution in [0.1, 0.15) is 43.9 Å². The van der Waals surface area contributed by atoms with Crippen molar-refractivity contribution >= 4 is 22.5 Å². The number of aromatic nitrogens is 3. The molecular formula is C29H28F3N5O2. The highest BCUT2D eigenvalue weighted by Crippen LogP contribution is 2.69. The lowest BCUT2D eigenvalue weighted by Gasteiger charge is -2.41. The lowest BCUT2D eigenvalue weighted by atomic mass is 9.65. The van der Waals surface area contributed by atoms with Gasteiger partial charge in [-0.15, -0.1) is 6.58 Å². The van der Waals surface area contributed by atoms with Gasteiger partial charge in [-0.1, -0.05) is 13.0 Å². The molecule has 0 unspecified atom stereocenters. The third-order valence-corrected chi connectivity index (χ3v) is 8.63. The van der Waals surface area contributed by atoms with Crippen LogP contribution in [0.25, 0.3) is 10.9 Å². The summed E-state index contributed by atoms with van der Waals surface area (Å²) < 4.78 is 44.8. The number of hydrogen-bond donors (Lipinski definition) is 0. The number of alkyl halides is 3. The number of amides is 1. The number of benzene rings is 1. The average molecular weight is 536 g/mol. The molecule has 4 atom stereocenters. The Labute approximate surface area is 224 Å². The van der Waals surface area contributed by atoms with Gasteiger partial charge in [0.25, 0.3) is 0 Å². The molecular weight excluding hydrogens is 507 g/mol. The van der Waals surface area contributed by atoms with Crippen molar-refractivity contribution in [3.8, 4) is 11.9 Å². The predicted octanol–water partition coefficient (Wildman–Crippen LogP) is 5.96. The molecule has 2 aromatic heterocycles. The molecule has 3 aromatic rings. The molecule has 1 amide bonds. The number of nitriles is 1. The monoisotopic (exact) mass is 535 g/mol. The van der Waals surface area contributed by atoms with Crippen LogP contribution in [0.4, 0.5) is 18.9 Å². The molecule has 0 N–H and O–H groups in total. The number of carbonyl (C=O) groups is 1. The van der Waals surface area contributed by atoms with Crippen LogP contribution in [0.2, 0.25) is 0 Å². The Morgan fingerprint density at radius 2 is 2.08 bits per heavy atom. The molecule has 1 aromatic carbocycles. The lowest BCUT2D eigenvalue weighted by Crippen LogP contribution is -2.45. The predicted molar refractivity (Wildman–Crippen MR) is 139 cm³/mol. The number of nitrogens with zero attached hydrogens (tertiary/aromatic N) is 5. The number of pyridine rings is 1. The van der Waals surface area contributed by atoms with Gasteiger partial charge in [-0.3, -0.25) is 9.78 Å². The van der Waals surface area contributed by atoms with Gasteiger partial charge in [0, 0.05) is 24.7 Å². The van der Waals surface area contributed by atoms with Crippen LogP contribution in [0, 0.1) is 34.0 Å². The van der Waals surface area contributed by atoms with Crippen LogP contribution in [0.15, 0.2) is 55.5 Å². The zero-order chi connectivity index (χ0) is 28.0. The van der Waals surface area contributed by atoms with Crippen molar-refractivity contribution < 1.29 is 22.7 Å². The fourth-order valence-corrected chi connectivity index (χ4v) is 6.85. The molecule has 2 aliphatic carbocycles. The summed E-state index contributed by atoms with van der Waals surface area (Å²) in [4.78, 5) is 27.4. The first-order chi connectivity index (χ1) is 18.5. The molecule has 5 rings (SSSR count). The van der Waals surface area contributed by atoms with Gasteiger partial charge in [-0.05, 0) is 66.7 Å². The minimum atomic E-state index is -4.59. The summed E-state index contributed by atoms with van der Waals surface area (Å²) in [6, 6.07) is 9.99. The van der Waals surface area contributed by atoms with E-state index in [0.29, 0.717) is 28.6 Å². The van der Waals surface area contributed by atoms with Gasteiger partial charge in [-0.25, -0.2) is 9.97 Å². The van der Waals surface area contributed by atoms with Gasteiger partial charge in [0.1, 0.15) is 12.4 Å². The van der Waals surface area contributed by atoms with E-state index in [1.165, 1.54) is 0 Å². The van der Waals surface area contributed by atoms with Crippen LogP contribution in [0.3, 0.4) is 0 Å². The molecule has 0 radical (unpaired) electrons. The van der Waals surface area contributed by atoms with Crippen molar-refractivity contribution in [3.05, 3.63) is 66.8 Å². The molecule has 2 aliphatic rings. The maximum Gasteiger partial charge on any atom is 0.433 e. The van der Waals surface area contributed by atoms with Crippen LogP contribution in [0.5, 0.6) is 5.88 Å². The zero-order valence-corrected chi connectivity index (χ0v) is 21.7. The molecule has 202 valence electrons. The summed E-state index contributed by atoms with van der Waals surface area (Å²) in [5.41, 5.74) is 0.0345. The molecule has 0 saturated heterocycles. The number of anilines is 1. The van der Waals surface area contributed by atoms with E-state index in [0.717, 1.165) is 31.7 Å². The Balaban J connectivity index is 1.43. The lowest BCUT2D eigenvalue weighted by molar-refractivity contribution is -0.141. The Hall–Kier alpha value is -4.00. The zero-order valence-electron chi connectivity index (χ0n) is 21.7. The van der Waals surface area contributed by atoms with Crippen molar-refractivity contribution in [3.63, 3.8) is 0 Å². The topological polar surface area (TPSA) is 92.0 Å². The number of rotatable bonds is 7. The van der Waals surface area contributed by atoms with E-state index in [4.69, 9.17) is 4.74 Å². The second kappa shape index (κ2) is 9.63. The number of carbonyl (C=O) groups excluding carboxylic acids is 1. The van der Waals surface area contributed by atoms with Gasteiger partial charge < -0.3 is 9.64 Å². The van der Waals surface area contributed by atoms with E-state index >= 15 is 0 Å². The molecule has 2 fully saturated rings. The Morgan fingerprint density at radius 3 is 2.79 bits per heavy atom. The van der Waals surface area contributed by atoms with Gasteiger partial charge in [0.05, 0.1) is 29.3 Å². The summed E-state index contributed by atoms with van der Waals surface area (Å²) in [5, 5.41) is 10.2. The average Bonchev–Trinajstić information content (AvgIpc) is 3.39. The SMILES string of the molecule is C=C[C@@H]1[C@H](C(=O)N(C)c2ccc(C#N)c3ncccc23)[C@@]2(CCOc3cc(C(F)(F)F)ncn3)CC[C@]1(C)C2. The second-order valence-corrected chi connectivity index (χ2v) is 10.8. The first-order valence-corrected chi connectivity index (χ1v) is 12.7. The van der Waals surface area contributed by atoms with E-state index in [-0.39, 0.29) is 35.6 Å². The standard InChI is InChI=1S/C29H28F3N5O2/c1-4-20-24(26(38)37(3)21-8-7-18(15-33)25-19(21)6-5-12-34-25)28(10-9-27(20,2)16-28)11-13-39-23-14-22(29(30,31)32)35-17-36-23/h4-8,12,14,17,20,24H,1,9-11,13,16H2,2-3H3/t20-,24-,27-,28-/m1/s1. The Morgan fingerprint density at radius 1 is 1.28 bits per heavy atom. The molecule has 10 heteroatoms. The van der Waals surface area contributed by atoms with Crippen LogP contribution in [-0.4, -0.2) is 34.5 Å². The molecule has 2 saturated carbocycles. The Bertz CT molecular complexity index is 1490. The van der Waals surface area contributed by atoms with Gasteiger partial charge in [0.2, 0.25) is 11.8 Å². The summed E-state index contributed by atoms with van der Waals surface area (Å²) in [5.74, 6) is -0.676. The van der Waals surface area contributed by atoms with E-state index in [1.807, 2.05) is 12.1 Å². The molecule has 2 bridgehead atoms. The van der Waals surface area contributed by atoms with Crippen molar-refractivity contribution in [2.24, 2.45) is 22.7 Å². The van der Waals surface area contributed by atoms with Crippen molar-refractivity contribution in [2.45, 2.75) is 38.8 Å². The number of ether oxygens (including phenoxy) is 1. The second-order valence-electron chi connectivity index (χ2n) is 10.8. The van der Waals surface area contributed by atoms with Gasteiger partial charge in [0.15, 0.2) is 5.69 Å². The molecule has 2 heterocycles. The maximum absolute atomic E-state index is 14.2. The van der Waals surface area contributed by atoms with E-state index in [9.17, 15) is 23.2 Å². The molecule has 7 nitrogen and oxygen atoms in total. The van der Waals surface area contributed by atoms with Crippen molar-refractivity contribution in [1.29, 1.82) is 5.26 Å². The van der Waals surface area contributed by atoms with Crippen LogP contribution >= 0.6 is 0 Å². The van der Waals surface area contributed by atoms with E-state index in [1.54, 1.807) is 36.3 Å². The number of halogens is 3. The van der Waals surface area contributed by atoms with Crippen LogP contribution < -0.4 is 9.64 Å². The smallest absolute Gasteiger partial charge is 0.433 e. The fourth-order valence-electron chi connectivity index (χ4n) is 6.85. The highest BCUT2D eigenvalue weighted by atomic mass is 19.4. The minimum Gasteiger partial charge on any atom is -0.478 e. The molecule has 0 aliphatic heterocycles. The normalized spacial score (nSPS) is 25.8. The Kier molecular flexibility index (Phi) is 6.57. The number of allylic oxidation sites excluding steroid dienone is 1. The van der Waals surface area contributed by atoms with E-state index < -0.39 is 17.3 Å². The maximum atomic E-state index is 14.2. The fraction of sp³-hybridized carbons (Fsp3) is 0.414. The summed E-state index contributed by atoms with van der Waals surface area (Å²) in [7, 11) is 1.73. The number of hydrogen-bond acceptors (Lipinski definition) is 6. The first kappa shape index (κ1) is 26.6. The van der Waals surface area contributed by atoms with Gasteiger partial charge >= 0.3 is 6.18 Å². The molecule has 39 heavy (non-hydrogen) atoms. The van der Waals surface area contributed by atoms with Gasteiger partial charge in [-0.2, -0.15) is 18.4 Å². The molecule has 0 spiro atoms. The summed E-state index contributed by atoms with van der Waals surface area (Å²) in [6.07, 6.45) is 2.73. The van der Waals surface area contributed by atoms with Crippen molar-refractivity contribution in [1.82, 2.24) is 15.0 Å². The third-order valence-electron chi connectivity index (χ3n) is 8.63. The van der Waals surface area contributed by atoms with Crippen molar-refractivity contribution in [2.75, 3.05) is 18.6 Å². The number of fused-ring (bicyclic) bond motifs is 3. The third kappa shape index (κ3) is 4.50. The summed E-state index contributed by atoms with van der Waals surface area (Å²) >= 11 is 0. The summed E-state index contributed by atoms with van der Waals surface area (Å²) in [6.45, 7) is 6.36. The quantitative estimate of drug-likeness (QED) is 0.347.